The zero-order valence-electron chi connectivity index (χ0n) is 7.20. The van der Waals surface area contributed by atoms with Gasteiger partial charge in [0.2, 0.25) is 0 Å². The Morgan fingerprint density at radius 2 is 2.31 bits per heavy atom. The molecule has 0 spiro atoms. The summed E-state index contributed by atoms with van der Waals surface area (Å²) < 4.78 is 0.731. The topological polar surface area (TPSA) is 32.7 Å². The first kappa shape index (κ1) is 9.92. The van der Waals surface area contributed by atoms with Crippen LogP contribution in [0.2, 0.25) is 0 Å². The summed E-state index contributed by atoms with van der Waals surface area (Å²) in [5, 5.41) is 0. The minimum absolute atomic E-state index is 0.512. The highest BCUT2D eigenvalue weighted by Gasteiger charge is 2.15. The second-order valence-electron chi connectivity index (χ2n) is 2.42. The highest BCUT2D eigenvalue weighted by Crippen LogP contribution is 2.23. The van der Waals surface area contributed by atoms with Crippen LogP contribution in [0.4, 0.5) is 0 Å². The summed E-state index contributed by atoms with van der Waals surface area (Å²) in [6, 6.07) is 0. The van der Waals surface area contributed by atoms with Crippen LogP contribution < -0.4 is 0 Å². The first-order chi connectivity index (χ1) is 6.20. The lowest BCUT2D eigenvalue weighted by Gasteiger charge is -2.23. The predicted molar refractivity (Wildman–Crippen MR) is 56.6 cm³/mol. The van der Waals surface area contributed by atoms with Crippen molar-refractivity contribution in [1.82, 2.24) is 4.90 Å². The van der Waals surface area contributed by atoms with Gasteiger partial charge in [-0.05, 0) is 28.1 Å². The van der Waals surface area contributed by atoms with E-state index < -0.39 is 0 Å². The highest BCUT2D eigenvalue weighted by molar-refractivity contribution is 9.11. The van der Waals surface area contributed by atoms with Crippen molar-refractivity contribution < 1.29 is 4.79 Å². The number of nitrogens with zero attached hydrogens (tertiary/aromatic N) is 2. The van der Waals surface area contributed by atoms with Gasteiger partial charge in [-0.3, -0.25) is 14.7 Å². The molecule has 0 aromatic rings. The van der Waals surface area contributed by atoms with Crippen molar-refractivity contribution in [3.63, 3.8) is 0 Å². The van der Waals surface area contributed by atoms with E-state index in [4.69, 9.17) is 0 Å². The highest BCUT2D eigenvalue weighted by atomic mass is 79.9. The molecule has 4 heteroatoms. The molecule has 0 aromatic carbocycles. The summed E-state index contributed by atoms with van der Waals surface area (Å²) in [5.74, 6) is 0. The van der Waals surface area contributed by atoms with E-state index in [2.05, 4.69) is 27.5 Å². The zero-order chi connectivity index (χ0) is 9.84. The van der Waals surface area contributed by atoms with Crippen molar-refractivity contribution in [2.45, 2.75) is 0 Å². The predicted octanol–water partition coefficient (Wildman–Crippen LogP) is 1.84. The number of rotatable bonds is 2. The summed E-state index contributed by atoms with van der Waals surface area (Å²) in [6.07, 6.45) is 5.90. The summed E-state index contributed by atoms with van der Waals surface area (Å²) in [5.41, 5.74) is 1.23. The number of carbonyl (C=O) groups is 1. The number of hydrogen-bond acceptors (Lipinski definition) is 2. The molecule has 0 N–H and O–H groups in total. The molecule has 0 atom stereocenters. The van der Waals surface area contributed by atoms with Gasteiger partial charge in [-0.1, -0.05) is 6.58 Å². The van der Waals surface area contributed by atoms with Crippen LogP contribution in [0.15, 0.2) is 39.6 Å². The minimum atomic E-state index is 0.512. The molecule has 1 aliphatic heterocycles. The van der Waals surface area contributed by atoms with E-state index in [-0.39, 0.29) is 0 Å². The first-order valence-electron chi connectivity index (χ1n) is 3.64. The summed E-state index contributed by atoms with van der Waals surface area (Å²) >= 11 is 3.27. The minimum Gasteiger partial charge on any atom is -0.298 e. The van der Waals surface area contributed by atoms with Crippen LogP contribution in [-0.2, 0) is 4.79 Å². The van der Waals surface area contributed by atoms with Crippen LogP contribution in [-0.4, -0.2) is 24.6 Å². The van der Waals surface area contributed by atoms with Gasteiger partial charge in [0.05, 0.1) is 6.34 Å². The van der Waals surface area contributed by atoms with Crippen LogP contribution in [0.25, 0.3) is 0 Å². The molecule has 0 amide bonds. The van der Waals surface area contributed by atoms with Crippen LogP contribution in [0, 0.1) is 0 Å². The molecule has 0 aromatic heterocycles. The largest absolute Gasteiger partial charge is 0.298 e. The molecule has 3 nitrogen and oxygen atoms in total. The fourth-order valence-electron chi connectivity index (χ4n) is 0.970. The Bertz CT molecular complexity index is 329. The van der Waals surface area contributed by atoms with Crippen LogP contribution >= 0.6 is 15.9 Å². The van der Waals surface area contributed by atoms with Crippen molar-refractivity contribution in [1.29, 1.82) is 0 Å². The molecule has 0 aliphatic carbocycles. The van der Waals surface area contributed by atoms with Gasteiger partial charge in [-0.25, -0.2) is 0 Å². The fourth-order valence-corrected chi connectivity index (χ4v) is 1.39. The normalized spacial score (nSPS) is 17.4. The smallest absolute Gasteiger partial charge is 0.168 e. The third-order valence-electron chi connectivity index (χ3n) is 1.58. The Kier molecular flexibility index (Phi) is 3.19. The van der Waals surface area contributed by atoms with Crippen molar-refractivity contribution in [2.24, 2.45) is 4.99 Å². The molecule has 0 unspecified atom stereocenters. The number of hydrogen-bond donors (Lipinski definition) is 0. The maximum Gasteiger partial charge on any atom is 0.168 e. The molecule has 1 aliphatic rings. The second-order valence-corrected chi connectivity index (χ2v) is 3.27. The molecule has 0 fully saturated rings. The van der Waals surface area contributed by atoms with E-state index in [0.717, 1.165) is 16.5 Å². The number of carbonyl (C=O) groups excluding carboxylic acids is 1. The number of halogens is 1. The first-order valence-corrected chi connectivity index (χ1v) is 4.43. The van der Waals surface area contributed by atoms with Crippen LogP contribution in [0.1, 0.15) is 0 Å². The van der Waals surface area contributed by atoms with Gasteiger partial charge in [0.1, 0.15) is 5.70 Å². The van der Waals surface area contributed by atoms with E-state index in [1.54, 1.807) is 30.4 Å². The maximum atomic E-state index is 10.7. The maximum absolute atomic E-state index is 10.7. The molecule has 13 heavy (non-hydrogen) atoms. The van der Waals surface area contributed by atoms with Gasteiger partial charge in [-0.15, -0.1) is 0 Å². The van der Waals surface area contributed by atoms with E-state index in [1.165, 1.54) is 0 Å². The number of allylic oxidation sites excluding steroid dienone is 4. The Morgan fingerprint density at radius 1 is 1.62 bits per heavy atom. The summed E-state index contributed by atoms with van der Waals surface area (Å²) in [7, 11) is 1.64. The SMILES string of the molecule is C=C1C=CC(Br)=C(C=O)N1/C=N\C. The summed E-state index contributed by atoms with van der Waals surface area (Å²) in [4.78, 5) is 16.2. The lowest BCUT2D eigenvalue weighted by molar-refractivity contribution is -0.105. The lowest BCUT2D eigenvalue weighted by atomic mass is 10.2. The summed E-state index contributed by atoms with van der Waals surface area (Å²) in [6.45, 7) is 3.78. The Balaban J connectivity index is 3.11. The van der Waals surface area contributed by atoms with Gasteiger partial charge in [-0.2, -0.15) is 0 Å². The Hall–Kier alpha value is -1.16. The zero-order valence-corrected chi connectivity index (χ0v) is 8.78. The standard InChI is InChI=1S/C9H9BrN2O/c1-7-3-4-8(10)9(5-13)12(7)6-11-2/h3-6H,1H2,2H3/b11-6-. The van der Waals surface area contributed by atoms with E-state index >= 15 is 0 Å². The number of aliphatic imine (C=N–C) groups is 1. The van der Waals surface area contributed by atoms with E-state index in [0.29, 0.717) is 5.70 Å². The molecule has 0 saturated carbocycles. The molecule has 1 rings (SSSR count). The van der Waals surface area contributed by atoms with Gasteiger partial charge in [0.15, 0.2) is 6.29 Å². The second kappa shape index (κ2) is 4.18. The fraction of sp³-hybridized carbons (Fsp3) is 0.111. The quantitative estimate of drug-likeness (QED) is 0.419. The monoisotopic (exact) mass is 240 g/mol. The lowest BCUT2D eigenvalue weighted by Crippen LogP contribution is -2.22. The van der Waals surface area contributed by atoms with Crippen molar-refractivity contribution in [2.75, 3.05) is 7.05 Å². The van der Waals surface area contributed by atoms with Crippen molar-refractivity contribution in [3.05, 3.63) is 34.6 Å². The van der Waals surface area contributed by atoms with Crippen molar-refractivity contribution in [3.8, 4) is 0 Å². The molecule has 0 saturated heterocycles. The number of aldehydes is 1. The van der Waals surface area contributed by atoms with E-state index in [1.807, 2.05) is 0 Å². The third kappa shape index (κ3) is 1.95. The molecule has 0 bridgehead atoms. The van der Waals surface area contributed by atoms with Crippen LogP contribution in [0.3, 0.4) is 0 Å². The average molecular weight is 241 g/mol. The Labute approximate surface area is 85.3 Å². The molecule has 1 heterocycles. The van der Waals surface area contributed by atoms with Gasteiger partial charge in [0, 0.05) is 17.2 Å². The third-order valence-corrected chi connectivity index (χ3v) is 2.25. The molecular formula is C9H9BrN2O. The van der Waals surface area contributed by atoms with Gasteiger partial charge >= 0.3 is 0 Å². The average Bonchev–Trinajstić information content (AvgIpc) is 2.12. The van der Waals surface area contributed by atoms with Crippen LogP contribution in [0.5, 0.6) is 0 Å². The molecular weight excluding hydrogens is 232 g/mol. The van der Waals surface area contributed by atoms with Gasteiger partial charge in [0.25, 0.3) is 0 Å². The Morgan fingerprint density at radius 3 is 2.85 bits per heavy atom. The molecule has 68 valence electrons. The molecule has 0 radical (unpaired) electrons. The van der Waals surface area contributed by atoms with Gasteiger partial charge < -0.3 is 0 Å². The van der Waals surface area contributed by atoms with E-state index in [9.17, 15) is 4.79 Å². The van der Waals surface area contributed by atoms with Crippen molar-refractivity contribution >= 4 is 28.6 Å².